The van der Waals surface area contributed by atoms with E-state index in [1.807, 2.05) is 53.5 Å². The number of carbonyl (C=O) groups is 1. The molecule has 1 aromatic heterocycles. The van der Waals surface area contributed by atoms with E-state index in [1.165, 1.54) is 7.11 Å². The van der Waals surface area contributed by atoms with Crippen molar-refractivity contribution in [3.8, 4) is 11.1 Å². The molecule has 4 nitrogen and oxygen atoms in total. The summed E-state index contributed by atoms with van der Waals surface area (Å²) in [4.78, 5) is 11.6. The van der Waals surface area contributed by atoms with Crippen molar-refractivity contribution in [2.24, 2.45) is 0 Å². The Morgan fingerprint density at radius 1 is 1.09 bits per heavy atom. The highest BCUT2D eigenvalue weighted by Crippen LogP contribution is 2.18. The van der Waals surface area contributed by atoms with Crippen molar-refractivity contribution in [2.45, 2.75) is 6.54 Å². The van der Waals surface area contributed by atoms with Crippen molar-refractivity contribution in [3.05, 3.63) is 78.1 Å². The number of benzene rings is 2. The minimum Gasteiger partial charge on any atom is -0.465 e. The van der Waals surface area contributed by atoms with E-state index in [9.17, 15) is 4.79 Å². The van der Waals surface area contributed by atoms with Crippen LogP contribution in [-0.2, 0) is 11.3 Å². The van der Waals surface area contributed by atoms with E-state index in [0.717, 1.165) is 16.7 Å². The quantitative estimate of drug-likeness (QED) is 0.692. The third-order valence-electron chi connectivity index (χ3n) is 3.43. The molecule has 0 bridgehead atoms. The first-order valence-corrected chi connectivity index (χ1v) is 7.01. The van der Waals surface area contributed by atoms with Gasteiger partial charge in [0.25, 0.3) is 0 Å². The second-order valence-corrected chi connectivity index (χ2v) is 4.98. The van der Waals surface area contributed by atoms with Crippen LogP contribution in [0.1, 0.15) is 15.9 Å². The molecule has 0 atom stereocenters. The average Bonchev–Trinajstić information content (AvgIpc) is 3.03. The fourth-order valence-electron chi connectivity index (χ4n) is 2.33. The predicted octanol–water partition coefficient (Wildman–Crippen LogP) is 3.39. The lowest BCUT2D eigenvalue weighted by Crippen LogP contribution is -2.04. The first-order valence-electron chi connectivity index (χ1n) is 7.01. The van der Waals surface area contributed by atoms with Gasteiger partial charge in [0, 0.05) is 11.8 Å². The van der Waals surface area contributed by atoms with E-state index < -0.39 is 0 Å². The third kappa shape index (κ3) is 3.06. The molecule has 0 amide bonds. The van der Waals surface area contributed by atoms with Gasteiger partial charge in [-0.05, 0) is 23.3 Å². The van der Waals surface area contributed by atoms with Crippen molar-refractivity contribution in [2.75, 3.05) is 7.11 Å². The van der Waals surface area contributed by atoms with E-state index in [2.05, 4.69) is 17.2 Å². The van der Waals surface area contributed by atoms with E-state index in [-0.39, 0.29) is 5.97 Å². The molecule has 4 heteroatoms. The molecular weight excluding hydrogens is 276 g/mol. The van der Waals surface area contributed by atoms with Crippen molar-refractivity contribution >= 4 is 5.97 Å². The highest BCUT2D eigenvalue weighted by molar-refractivity contribution is 5.89. The van der Waals surface area contributed by atoms with Crippen LogP contribution in [0.5, 0.6) is 0 Å². The molecule has 0 unspecified atom stereocenters. The zero-order valence-corrected chi connectivity index (χ0v) is 12.3. The summed E-state index contributed by atoms with van der Waals surface area (Å²) in [6.45, 7) is 0.609. The SMILES string of the molecule is COC(=O)c1cccc(Cn2cc(-c3ccccc3)cn2)c1. The molecule has 3 rings (SSSR count). The van der Waals surface area contributed by atoms with Gasteiger partial charge in [-0.2, -0.15) is 5.10 Å². The average molecular weight is 292 g/mol. The highest BCUT2D eigenvalue weighted by Gasteiger charge is 2.07. The van der Waals surface area contributed by atoms with Gasteiger partial charge in [0.15, 0.2) is 0 Å². The minimum atomic E-state index is -0.327. The number of rotatable bonds is 4. The molecule has 2 aromatic carbocycles. The number of esters is 1. The van der Waals surface area contributed by atoms with Crippen molar-refractivity contribution in [1.82, 2.24) is 9.78 Å². The third-order valence-corrected chi connectivity index (χ3v) is 3.43. The summed E-state index contributed by atoms with van der Waals surface area (Å²) in [6, 6.07) is 17.5. The predicted molar refractivity (Wildman–Crippen MR) is 84.5 cm³/mol. The monoisotopic (exact) mass is 292 g/mol. The van der Waals surface area contributed by atoms with Gasteiger partial charge >= 0.3 is 5.97 Å². The molecule has 0 fully saturated rings. The molecule has 0 N–H and O–H groups in total. The second kappa shape index (κ2) is 6.26. The van der Waals surface area contributed by atoms with Gasteiger partial charge in [-0.3, -0.25) is 4.68 Å². The molecule has 3 aromatic rings. The molecule has 0 aliphatic carbocycles. The molecule has 22 heavy (non-hydrogen) atoms. The van der Waals surface area contributed by atoms with Crippen molar-refractivity contribution in [3.63, 3.8) is 0 Å². The lowest BCUT2D eigenvalue weighted by molar-refractivity contribution is 0.0600. The fourth-order valence-corrected chi connectivity index (χ4v) is 2.33. The van der Waals surface area contributed by atoms with Crippen LogP contribution in [0.3, 0.4) is 0 Å². The first-order chi connectivity index (χ1) is 10.8. The number of ether oxygens (including phenoxy) is 1. The van der Waals surface area contributed by atoms with Gasteiger partial charge in [0.05, 0.1) is 25.4 Å². The van der Waals surface area contributed by atoms with E-state index in [4.69, 9.17) is 4.74 Å². The molecule has 110 valence electrons. The Balaban J connectivity index is 1.80. The molecule has 0 saturated heterocycles. The normalized spacial score (nSPS) is 10.4. The van der Waals surface area contributed by atoms with E-state index in [1.54, 1.807) is 6.07 Å². The molecule has 0 spiro atoms. The van der Waals surface area contributed by atoms with Crippen LogP contribution >= 0.6 is 0 Å². The minimum absolute atomic E-state index is 0.327. The van der Waals surface area contributed by atoms with Crippen LogP contribution in [-0.4, -0.2) is 22.9 Å². The second-order valence-electron chi connectivity index (χ2n) is 4.98. The van der Waals surface area contributed by atoms with Crippen LogP contribution in [0, 0.1) is 0 Å². The Labute approximate surface area is 129 Å². The topological polar surface area (TPSA) is 44.1 Å². The Morgan fingerprint density at radius 3 is 2.68 bits per heavy atom. The highest BCUT2D eigenvalue weighted by atomic mass is 16.5. The fraction of sp³-hybridized carbons (Fsp3) is 0.111. The Kier molecular flexibility index (Phi) is 4.01. The number of methoxy groups -OCH3 is 1. The maximum atomic E-state index is 11.6. The van der Waals surface area contributed by atoms with Crippen LogP contribution in [0.4, 0.5) is 0 Å². The maximum Gasteiger partial charge on any atom is 0.337 e. The molecule has 0 saturated carbocycles. The molecule has 1 heterocycles. The van der Waals surface area contributed by atoms with Crippen LogP contribution in [0.2, 0.25) is 0 Å². The Morgan fingerprint density at radius 2 is 1.91 bits per heavy atom. The summed E-state index contributed by atoms with van der Waals surface area (Å²) in [6.07, 6.45) is 3.85. The Bertz CT molecular complexity index is 779. The van der Waals surface area contributed by atoms with Crippen LogP contribution in [0.15, 0.2) is 67.0 Å². The van der Waals surface area contributed by atoms with Crippen molar-refractivity contribution < 1.29 is 9.53 Å². The summed E-state index contributed by atoms with van der Waals surface area (Å²) in [5.41, 5.74) is 3.77. The first kappa shape index (κ1) is 14.1. The summed E-state index contributed by atoms with van der Waals surface area (Å²) >= 11 is 0. The summed E-state index contributed by atoms with van der Waals surface area (Å²) < 4.78 is 6.60. The molecule has 0 radical (unpaired) electrons. The van der Waals surface area contributed by atoms with Gasteiger partial charge in [-0.25, -0.2) is 4.79 Å². The zero-order valence-electron chi connectivity index (χ0n) is 12.3. The van der Waals surface area contributed by atoms with Gasteiger partial charge in [0.1, 0.15) is 0 Å². The summed E-state index contributed by atoms with van der Waals surface area (Å²) in [5, 5.41) is 4.38. The van der Waals surface area contributed by atoms with Crippen molar-refractivity contribution in [1.29, 1.82) is 0 Å². The smallest absolute Gasteiger partial charge is 0.337 e. The van der Waals surface area contributed by atoms with E-state index >= 15 is 0 Å². The number of carbonyl (C=O) groups excluding carboxylic acids is 1. The largest absolute Gasteiger partial charge is 0.465 e. The van der Waals surface area contributed by atoms with Crippen LogP contribution < -0.4 is 0 Å². The van der Waals surface area contributed by atoms with E-state index in [0.29, 0.717) is 12.1 Å². The molecule has 0 aliphatic heterocycles. The lowest BCUT2D eigenvalue weighted by Gasteiger charge is -2.04. The number of nitrogens with zero attached hydrogens (tertiary/aromatic N) is 2. The lowest BCUT2D eigenvalue weighted by atomic mass is 10.1. The number of aromatic nitrogens is 2. The van der Waals surface area contributed by atoms with Gasteiger partial charge in [0.2, 0.25) is 0 Å². The summed E-state index contributed by atoms with van der Waals surface area (Å²) in [5.74, 6) is -0.327. The van der Waals surface area contributed by atoms with Gasteiger partial charge in [-0.15, -0.1) is 0 Å². The molecular formula is C18H16N2O2. The molecule has 0 aliphatic rings. The number of hydrogen-bond donors (Lipinski definition) is 0. The van der Waals surface area contributed by atoms with Gasteiger partial charge in [-0.1, -0.05) is 42.5 Å². The number of hydrogen-bond acceptors (Lipinski definition) is 3. The zero-order chi connectivity index (χ0) is 15.4. The van der Waals surface area contributed by atoms with Crippen LogP contribution in [0.25, 0.3) is 11.1 Å². The summed E-state index contributed by atoms with van der Waals surface area (Å²) in [7, 11) is 1.38. The maximum absolute atomic E-state index is 11.6. The standard InChI is InChI=1S/C18H16N2O2/c1-22-18(21)16-9-5-6-14(10-16)12-20-13-17(11-19-20)15-7-3-2-4-8-15/h2-11,13H,12H2,1H3. The Hall–Kier alpha value is -2.88. The van der Waals surface area contributed by atoms with Gasteiger partial charge < -0.3 is 4.74 Å².